The minimum absolute atomic E-state index is 0.00828. The number of cyclic esters (lactones) is 1. The molecule has 21 N–H and O–H groups in total. The Balaban J connectivity index is 3.12. The van der Waals surface area contributed by atoms with Gasteiger partial charge in [-0.2, -0.15) is 0 Å². The van der Waals surface area contributed by atoms with Crippen molar-refractivity contribution in [1.29, 1.82) is 5.41 Å². The number of nitrogens with zero attached hydrogens (tertiary/aromatic N) is 3. The van der Waals surface area contributed by atoms with Crippen LogP contribution in [0.4, 0.5) is 0 Å². The number of benzene rings is 1. The van der Waals surface area contributed by atoms with Crippen LogP contribution in [0.15, 0.2) is 35.3 Å². The summed E-state index contributed by atoms with van der Waals surface area (Å²) in [5, 5.41) is 82.5. The molecule has 1 saturated heterocycles. The second kappa shape index (κ2) is 45.3. The molecule has 0 spiro atoms. The highest BCUT2D eigenvalue weighted by atomic mass is 16.5. The van der Waals surface area contributed by atoms with Gasteiger partial charge in [0.15, 0.2) is 30.2 Å². The van der Waals surface area contributed by atoms with Crippen LogP contribution in [0.25, 0.3) is 0 Å². The van der Waals surface area contributed by atoms with Gasteiger partial charge in [-0.05, 0) is 74.2 Å². The summed E-state index contributed by atoms with van der Waals surface area (Å²) >= 11 is 0. The van der Waals surface area contributed by atoms with Gasteiger partial charge in [-0.3, -0.25) is 63.1 Å². The highest BCUT2D eigenvalue weighted by molar-refractivity contribution is 6.00. The zero-order valence-corrected chi connectivity index (χ0v) is 62.0. The Labute approximate surface area is 602 Å². The van der Waals surface area contributed by atoms with Gasteiger partial charge in [0.05, 0.1) is 51.2 Å². The van der Waals surface area contributed by atoms with E-state index in [1.807, 2.05) is 13.8 Å². The molecule has 0 bridgehead atoms. The van der Waals surface area contributed by atoms with Crippen LogP contribution in [0.1, 0.15) is 126 Å². The van der Waals surface area contributed by atoms with E-state index < -0.39 is 193 Å². The van der Waals surface area contributed by atoms with Gasteiger partial charge >= 0.3 is 5.97 Å². The normalized spacial score (nSPS) is 23.0. The highest BCUT2D eigenvalue weighted by Gasteiger charge is 2.44. The fraction of sp³-hybridized carbons (Fsp3) is 0.701. The van der Waals surface area contributed by atoms with Crippen LogP contribution in [-0.2, 0) is 67.0 Å². The molecular formula is C67H116N18O18. The summed E-state index contributed by atoms with van der Waals surface area (Å²) in [6, 6.07) is -10.9. The molecule has 1 aromatic rings. The largest absolute Gasteiger partial charge is 0.453 e. The lowest BCUT2D eigenvalue weighted by Gasteiger charge is -2.34. The van der Waals surface area contributed by atoms with Crippen LogP contribution >= 0.6 is 0 Å². The molecule has 11 amide bonds. The van der Waals surface area contributed by atoms with Gasteiger partial charge in [0.2, 0.25) is 59.1 Å². The average molecular weight is 1460 g/mol. The van der Waals surface area contributed by atoms with Crippen molar-refractivity contribution >= 4 is 82.9 Å². The van der Waals surface area contributed by atoms with Crippen molar-refractivity contribution in [3.8, 4) is 0 Å². The van der Waals surface area contributed by atoms with Crippen LogP contribution in [0.5, 0.6) is 0 Å². The molecule has 0 unspecified atom stereocenters. The van der Waals surface area contributed by atoms with E-state index in [4.69, 9.17) is 26.4 Å². The summed E-state index contributed by atoms with van der Waals surface area (Å²) in [6.45, 7) is 15.3. The summed E-state index contributed by atoms with van der Waals surface area (Å²) in [4.78, 5) is 182. The third kappa shape index (κ3) is 31.3. The minimum atomic E-state index is -2.54. The van der Waals surface area contributed by atoms with Gasteiger partial charge in [0, 0.05) is 41.3 Å². The molecule has 0 radical (unpaired) electrons. The average Bonchev–Trinajstić information content (AvgIpc) is 0.826. The predicted molar refractivity (Wildman–Crippen MR) is 380 cm³/mol. The fourth-order valence-corrected chi connectivity index (χ4v) is 10.6. The summed E-state index contributed by atoms with van der Waals surface area (Å²) in [7, 11) is 7.19. The number of carbonyl (C=O) groups excluding carboxylic acids is 12. The molecule has 1 fully saturated rings. The number of rotatable bonds is 29. The molecule has 1 aromatic carbocycles. The maximum Gasteiger partial charge on any atom is 0.331 e. The number of ether oxygens (including phenoxy) is 2. The van der Waals surface area contributed by atoms with Gasteiger partial charge in [-0.15, -0.1) is 0 Å². The van der Waals surface area contributed by atoms with E-state index in [2.05, 4.69) is 68.8 Å². The third-order valence-electron chi connectivity index (χ3n) is 16.3. The van der Waals surface area contributed by atoms with E-state index in [0.717, 1.165) is 6.92 Å². The van der Waals surface area contributed by atoms with E-state index in [0.29, 0.717) is 5.96 Å². The Morgan fingerprint density at radius 2 is 1.22 bits per heavy atom. The van der Waals surface area contributed by atoms with Crippen molar-refractivity contribution in [3.63, 3.8) is 0 Å². The molecule has 582 valence electrons. The summed E-state index contributed by atoms with van der Waals surface area (Å²) in [5.74, 6) is -16.5. The Kier molecular flexibility index (Phi) is 39.7. The Hall–Kier alpha value is -8.84. The number of aliphatic hydroxyl groups excluding tert-OH is 4. The number of hydrogen-bond donors (Lipinski definition) is 19. The molecule has 0 aromatic heterocycles. The van der Waals surface area contributed by atoms with Crippen LogP contribution in [-0.4, -0.2) is 266 Å². The highest BCUT2D eigenvalue weighted by Crippen LogP contribution is 2.25. The second-order valence-corrected chi connectivity index (χ2v) is 27.6. The number of amides is 11. The van der Waals surface area contributed by atoms with Crippen molar-refractivity contribution < 1.29 is 87.4 Å². The summed E-state index contributed by atoms with van der Waals surface area (Å²) in [5.41, 5.74) is 11.7. The number of esters is 1. The maximum absolute atomic E-state index is 15.5. The van der Waals surface area contributed by atoms with E-state index in [1.165, 1.54) is 44.2 Å². The Bertz CT molecular complexity index is 2980. The number of carbonyl (C=O) groups is 12. The number of nitrogens with two attached hydrogens (primary N) is 2. The van der Waals surface area contributed by atoms with Gasteiger partial charge in [-0.1, -0.05) is 106 Å². The van der Waals surface area contributed by atoms with Crippen molar-refractivity contribution in [2.24, 2.45) is 46.0 Å². The number of aliphatic imine (C=N–C) groups is 1. The first kappa shape index (κ1) is 90.2. The topological polar surface area (TPSA) is 543 Å². The monoisotopic (exact) mass is 1460 g/mol. The lowest BCUT2D eigenvalue weighted by Crippen LogP contribution is -2.64. The van der Waals surface area contributed by atoms with Crippen molar-refractivity contribution in [1.82, 2.24) is 73.6 Å². The first-order valence-corrected chi connectivity index (χ1v) is 34.7. The van der Waals surface area contributed by atoms with Crippen LogP contribution in [0.2, 0.25) is 0 Å². The Morgan fingerprint density at radius 3 is 1.78 bits per heavy atom. The lowest BCUT2D eigenvalue weighted by molar-refractivity contribution is -0.159. The molecule has 1 aliphatic heterocycles. The number of nitrogens with one attached hydrogen (secondary N) is 13. The summed E-state index contributed by atoms with van der Waals surface area (Å²) in [6.07, 6.45) is -8.10. The smallest absolute Gasteiger partial charge is 0.331 e. The predicted octanol–water partition coefficient (Wildman–Crippen LogP) is -5.10. The zero-order chi connectivity index (χ0) is 78.1. The molecule has 0 aliphatic carbocycles. The molecule has 1 heterocycles. The molecule has 1 aliphatic rings. The Morgan fingerprint density at radius 1 is 0.660 bits per heavy atom. The van der Waals surface area contributed by atoms with Crippen molar-refractivity contribution in [2.45, 2.75) is 200 Å². The van der Waals surface area contributed by atoms with Gasteiger partial charge in [0.1, 0.15) is 48.3 Å². The van der Waals surface area contributed by atoms with Crippen molar-refractivity contribution in [2.75, 3.05) is 74.2 Å². The van der Waals surface area contributed by atoms with Crippen molar-refractivity contribution in [3.05, 3.63) is 35.9 Å². The molecule has 36 heteroatoms. The van der Waals surface area contributed by atoms with E-state index in [-0.39, 0.29) is 88.8 Å². The molecular weight excluding hydrogens is 1340 g/mol. The van der Waals surface area contributed by atoms with Gasteiger partial charge < -0.3 is 115 Å². The van der Waals surface area contributed by atoms with Crippen LogP contribution in [0.3, 0.4) is 0 Å². The van der Waals surface area contributed by atoms with E-state index >= 15 is 9.59 Å². The second-order valence-electron chi connectivity index (χ2n) is 27.6. The quantitative estimate of drug-likeness (QED) is 0.0154. The van der Waals surface area contributed by atoms with Crippen LogP contribution in [0, 0.1) is 35.0 Å². The molecule has 36 nitrogen and oxygen atoms in total. The van der Waals surface area contributed by atoms with Crippen LogP contribution < -0.4 is 75.3 Å². The number of guanidine groups is 2. The van der Waals surface area contributed by atoms with Gasteiger partial charge in [-0.25, -0.2) is 4.79 Å². The zero-order valence-electron chi connectivity index (χ0n) is 62.0. The third-order valence-corrected chi connectivity index (χ3v) is 16.3. The summed E-state index contributed by atoms with van der Waals surface area (Å²) < 4.78 is 11.6. The molecule has 0 saturated carbocycles. The first-order valence-electron chi connectivity index (χ1n) is 34.7. The number of aliphatic hydroxyl groups is 4. The standard InChI is InChI=1S/C67H116N18O18/c1-16-38(10)47-60(96)81-48(39(11)87)59(95)74-32-46(88)79-50(53(90)64(100)71-25-27-102-28-26-73-67(84(12)13)85(14)15)62(98)78-45(33-86)65(101)103-54(40-21-18-17-19-22-40)51(83-58(94)44(31-36(6)7)76-55(91)41(68)29-34(2)3)63(99)82-49(52(89)37(8)9)61(97)77-43(30-35(4)5)57(93)75-42(56(92)80-47)23-20-24-72-66(69)70/h17-19,21-22,34-39,41-45,47-54,86-87,89-90H,16,20,23-33,68H2,1-15H3,(H,71,100)(H,74,95)(H,75,93)(H,76,91)(H,77,97)(H,78,98)(H,79,88)(H,80,92)(H,81,96)(H,82,99)(H,83,94)(H4,69,70,72)/t38-,39-,41+,42+,43-,44-,45-,47-,48-,49-,50-,51-,52+,53-,54+/m0/s1. The van der Waals surface area contributed by atoms with E-state index in [1.54, 1.807) is 79.5 Å². The molecule has 2 rings (SSSR count). The first-order chi connectivity index (χ1) is 48.3. The van der Waals surface area contributed by atoms with E-state index in [9.17, 15) is 68.4 Å². The lowest BCUT2D eigenvalue weighted by atomic mass is 9.95. The SMILES string of the molecule is CC[C@H](C)[C@@H]1NC(=O)[C@@H](CCCNC(=N)N)NC(=O)[C@H](CC(C)C)NC(=O)[C@H]([C@H](O)C(C)C)NC(=O)[C@@H](NC(=O)[C@H](CC(C)C)NC(=O)[C@H](N)CC(C)C)[C@@H](c2ccccc2)OC(=O)[C@H](CO)NC(=O)[C@H]([C@H](O)C(=O)NCCOCCN=C(N(C)C)N(C)C)NC(=O)CNC(=O)[C@H]([C@H](C)O)NC1=O. The molecule has 15 atom stereocenters. The minimum Gasteiger partial charge on any atom is -0.453 e. The number of hydrogen-bond acceptors (Lipinski definition) is 21. The maximum atomic E-state index is 15.5. The fourth-order valence-electron chi connectivity index (χ4n) is 10.6. The molecule has 103 heavy (non-hydrogen) atoms. The van der Waals surface area contributed by atoms with Gasteiger partial charge in [0.25, 0.3) is 5.91 Å².